The van der Waals surface area contributed by atoms with Crippen LogP contribution in [0.25, 0.3) is 6.08 Å². The number of amides is 1. The fourth-order valence-electron chi connectivity index (χ4n) is 2.17. The van der Waals surface area contributed by atoms with E-state index in [1.807, 2.05) is 54.6 Å². The van der Waals surface area contributed by atoms with E-state index in [-0.39, 0.29) is 12.0 Å². The largest absolute Gasteiger partial charge is 0.393 e. The van der Waals surface area contributed by atoms with Crippen molar-refractivity contribution in [3.63, 3.8) is 0 Å². The van der Waals surface area contributed by atoms with Crippen LogP contribution in [0.3, 0.4) is 0 Å². The molecule has 0 aromatic heterocycles. The van der Waals surface area contributed by atoms with Crippen LogP contribution in [0.2, 0.25) is 5.02 Å². The van der Waals surface area contributed by atoms with Gasteiger partial charge in [-0.1, -0.05) is 41.6 Å². The number of aliphatic hydroxyl groups is 1. The molecule has 0 fully saturated rings. The normalized spacial score (nSPS) is 12.3. The summed E-state index contributed by atoms with van der Waals surface area (Å²) in [7, 11) is 0. The van der Waals surface area contributed by atoms with E-state index in [4.69, 9.17) is 11.6 Å². The Hall–Kier alpha value is -1.75. The summed E-state index contributed by atoms with van der Waals surface area (Å²) in [5, 5.41) is 12.7. The van der Waals surface area contributed by atoms with Gasteiger partial charge in [-0.2, -0.15) is 0 Å². The van der Waals surface area contributed by atoms with Crippen LogP contribution in [0.4, 0.5) is 0 Å². The van der Waals surface area contributed by atoms with Crippen molar-refractivity contribution in [3.05, 3.63) is 65.2 Å². The molecule has 1 amide bonds. The van der Waals surface area contributed by atoms with E-state index in [0.717, 1.165) is 21.8 Å². The van der Waals surface area contributed by atoms with Crippen LogP contribution in [-0.4, -0.2) is 23.7 Å². The number of halogens is 1. The highest BCUT2D eigenvalue weighted by Crippen LogP contribution is 2.31. The first-order valence-electron chi connectivity index (χ1n) is 8.21. The van der Waals surface area contributed by atoms with Crippen molar-refractivity contribution in [2.45, 2.75) is 35.7 Å². The van der Waals surface area contributed by atoms with Crippen LogP contribution in [0.5, 0.6) is 0 Å². The highest BCUT2D eigenvalue weighted by atomic mass is 35.5. The second-order valence-electron chi connectivity index (χ2n) is 5.71. The van der Waals surface area contributed by atoms with Gasteiger partial charge >= 0.3 is 0 Å². The number of aliphatic hydroxyl groups excluding tert-OH is 1. The van der Waals surface area contributed by atoms with E-state index in [2.05, 4.69) is 5.32 Å². The Morgan fingerprint density at radius 3 is 2.68 bits per heavy atom. The Balaban J connectivity index is 1.95. The van der Waals surface area contributed by atoms with E-state index < -0.39 is 0 Å². The summed E-state index contributed by atoms with van der Waals surface area (Å²) in [6, 6.07) is 15.6. The zero-order chi connectivity index (χ0) is 18.1. The summed E-state index contributed by atoms with van der Waals surface area (Å²) in [5.41, 5.74) is 0.988. The van der Waals surface area contributed by atoms with Crippen LogP contribution >= 0.6 is 23.4 Å². The predicted octanol–water partition coefficient (Wildman–Crippen LogP) is 4.78. The molecule has 0 aliphatic carbocycles. The number of carbonyl (C=O) groups is 1. The van der Waals surface area contributed by atoms with Gasteiger partial charge in [0.05, 0.1) is 6.10 Å². The molecular formula is C20H22ClNO2S. The molecule has 0 radical (unpaired) electrons. The number of rotatable bonds is 8. The van der Waals surface area contributed by atoms with Crippen molar-refractivity contribution in [3.8, 4) is 0 Å². The smallest absolute Gasteiger partial charge is 0.243 e. The minimum atomic E-state index is -0.329. The lowest BCUT2D eigenvalue weighted by Crippen LogP contribution is -2.22. The van der Waals surface area contributed by atoms with Gasteiger partial charge in [0.25, 0.3) is 0 Å². The molecule has 0 aliphatic heterocycles. The summed E-state index contributed by atoms with van der Waals surface area (Å²) in [6.07, 6.45) is 4.49. The Kier molecular flexibility index (Phi) is 8.06. The molecule has 0 bridgehead atoms. The van der Waals surface area contributed by atoms with E-state index in [0.29, 0.717) is 18.0 Å². The molecule has 3 nitrogen and oxygen atoms in total. The van der Waals surface area contributed by atoms with Gasteiger partial charge in [-0.15, -0.1) is 0 Å². The highest BCUT2D eigenvalue weighted by molar-refractivity contribution is 7.99. The average Bonchev–Trinajstić information content (AvgIpc) is 2.60. The molecule has 0 aliphatic rings. The van der Waals surface area contributed by atoms with Crippen LogP contribution in [0, 0.1) is 0 Å². The van der Waals surface area contributed by atoms with Crippen LogP contribution in [0.1, 0.15) is 25.3 Å². The van der Waals surface area contributed by atoms with E-state index in [1.54, 1.807) is 24.8 Å². The second kappa shape index (κ2) is 10.3. The van der Waals surface area contributed by atoms with Crippen molar-refractivity contribution in [2.24, 2.45) is 0 Å². The summed E-state index contributed by atoms with van der Waals surface area (Å²) in [4.78, 5) is 14.0. The Bertz CT molecular complexity index is 714. The monoisotopic (exact) mass is 375 g/mol. The molecule has 0 saturated heterocycles. The third kappa shape index (κ3) is 7.34. The van der Waals surface area contributed by atoms with Crippen molar-refractivity contribution in [2.75, 3.05) is 6.54 Å². The topological polar surface area (TPSA) is 49.3 Å². The van der Waals surface area contributed by atoms with E-state index >= 15 is 0 Å². The lowest BCUT2D eigenvalue weighted by atomic mass is 10.2. The number of nitrogens with one attached hydrogen (secondary N) is 1. The zero-order valence-electron chi connectivity index (χ0n) is 14.1. The van der Waals surface area contributed by atoms with Gasteiger partial charge in [0.1, 0.15) is 0 Å². The first-order chi connectivity index (χ1) is 12.0. The Morgan fingerprint density at radius 1 is 1.24 bits per heavy atom. The first kappa shape index (κ1) is 19.6. The molecule has 132 valence electrons. The Morgan fingerprint density at radius 2 is 1.96 bits per heavy atom. The summed E-state index contributed by atoms with van der Waals surface area (Å²) in [6.45, 7) is 2.31. The molecule has 25 heavy (non-hydrogen) atoms. The van der Waals surface area contributed by atoms with Gasteiger partial charge in [-0.3, -0.25) is 4.79 Å². The lowest BCUT2D eigenvalue weighted by Gasteiger charge is -2.06. The number of hydrogen-bond donors (Lipinski definition) is 2. The second-order valence-corrected chi connectivity index (χ2v) is 7.26. The van der Waals surface area contributed by atoms with Gasteiger partial charge < -0.3 is 10.4 Å². The van der Waals surface area contributed by atoms with Gasteiger partial charge in [-0.05, 0) is 61.7 Å². The number of benzene rings is 2. The Labute approximate surface area is 158 Å². The van der Waals surface area contributed by atoms with Crippen LogP contribution in [0.15, 0.2) is 64.4 Å². The van der Waals surface area contributed by atoms with Crippen molar-refractivity contribution in [1.82, 2.24) is 5.32 Å². The predicted molar refractivity (Wildman–Crippen MR) is 105 cm³/mol. The maximum atomic E-state index is 11.9. The molecule has 0 spiro atoms. The maximum absolute atomic E-state index is 11.9. The molecule has 2 aromatic carbocycles. The average molecular weight is 376 g/mol. The molecule has 2 rings (SSSR count). The standard InChI is InChI=1S/C20H22ClNO2S/c1-15(23)5-4-14-22-20(24)13-8-16-6-2-3-7-19(16)25-18-11-9-17(21)10-12-18/h2-3,6-13,15,23H,4-5,14H2,1H3,(H,22,24). The molecule has 0 heterocycles. The summed E-state index contributed by atoms with van der Waals surface area (Å²) < 4.78 is 0. The zero-order valence-corrected chi connectivity index (χ0v) is 15.7. The molecule has 2 N–H and O–H groups in total. The summed E-state index contributed by atoms with van der Waals surface area (Å²) >= 11 is 7.55. The maximum Gasteiger partial charge on any atom is 0.243 e. The molecule has 1 atom stereocenters. The van der Waals surface area contributed by atoms with E-state index in [1.165, 1.54) is 0 Å². The fourth-order valence-corrected chi connectivity index (χ4v) is 3.23. The van der Waals surface area contributed by atoms with Crippen molar-refractivity contribution < 1.29 is 9.90 Å². The van der Waals surface area contributed by atoms with Crippen molar-refractivity contribution >= 4 is 35.3 Å². The van der Waals surface area contributed by atoms with E-state index in [9.17, 15) is 9.90 Å². The van der Waals surface area contributed by atoms with Crippen LogP contribution < -0.4 is 5.32 Å². The third-order valence-electron chi connectivity index (χ3n) is 3.47. The van der Waals surface area contributed by atoms with Gasteiger partial charge in [-0.25, -0.2) is 0 Å². The molecular weight excluding hydrogens is 354 g/mol. The van der Waals surface area contributed by atoms with Crippen molar-refractivity contribution in [1.29, 1.82) is 0 Å². The molecule has 5 heteroatoms. The fraction of sp³-hybridized carbons (Fsp3) is 0.250. The number of carbonyl (C=O) groups excluding carboxylic acids is 1. The SMILES string of the molecule is CC(O)CCCNC(=O)C=Cc1ccccc1Sc1ccc(Cl)cc1. The first-order valence-corrected chi connectivity index (χ1v) is 9.40. The third-order valence-corrected chi connectivity index (χ3v) is 4.82. The minimum absolute atomic E-state index is 0.128. The lowest BCUT2D eigenvalue weighted by molar-refractivity contribution is -0.116. The number of hydrogen-bond acceptors (Lipinski definition) is 3. The molecule has 2 aromatic rings. The van der Waals surface area contributed by atoms with Gasteiger partial charge in [0, 0.05) is 27.4 Å². The molecule has 1 unspecified atom stereocenters. The molecule has 0 saturated carbocycles. The van der Waals surface area contributed by atoms with Gasteiger partial charge in [0.2, 0.25) is 5.91 Å². The van der Waals surface area contributed by atoms with Gasteiger partial charge in [0.15, 0.2) is 0 Å². The summed E-state index contributed by atoms with van der Waals surface area (Å²) in [5.74, 6) is -0.128. The highest BCUT2D eigenvalue weighted by Gasteiger charge is 2.03. The quantitative estimate of drug-likeness (QED) is 0.515. The minimum Gasteiger partial charge on any atom is -0.393 e. The van der Waals surface area contributed by atoms with Crippen LogP contribution in [-0.2, 0) is 4.79 Å².